The lowest BCUT2D eigenvalue weighted by atomic mass is 10.1. The molecule has 0 saturated carbocycles. The minimum absolute atomic E-state index is 0.687. The van der Waals surface area contributed by atoms with E-state index in [-0.39, 0.29) is 0 Å². The van der Waals surface area contributed by atoms with Gasteiger partial charge in [-0.15, -0.1) is 0 Å². The molecular formula is C19H33N5. The van der Waals surface area contributed by atoms with Gasteiger partial charge >= 0.3 is 0 Å². The molecule has 0 bridgehead atoms. The Bertz CT molecular complexity index is 494. The number of nitrogens with zero attached hydrogens (tertiary/aromatic N) is 3. The fourth-order valence-corrected chi connectivity index (χ4v) is 2.95. The lowest BCUT2D eigenvalue weighted by Gasteiger charge is -2.27. The third kappa shape index (κ3) is 6.38. The van der Waals surface area contributed by atoms with E-state index in [9.17, 15) is 0 Å². The normalized spacial score (nSPS) is 15.4. The van der Waals surface area contributed by atoms with Crippen LogP contribution in [-0.4, -0.2) is 37.1 Å². The number of piperidine rings is 1. The van der Waals surface area contributed by atoms with Crippen LogP contribution in [0.25, 0.3) is 0 Å². The van der Waals surface area contributed by atoms with E-state index in [4.69, 9.17) is 4.99 Å². The molecule has 1 saturated heterocycles. The Balaban J connectivity index is 1.91. The largest absolute Gasteiger partial charge is 0.357 e. The van der Waals surface area contributed by atoms with Gasteiger partial charge in [-0.05, 0) is 50.3 Å². The first-order valence-corrected chi connectivity index (χ1v) is 9.55. The number of aliphatic imine (C=N–C) groups is 1. The van der Waals surface area contributed by atoms with Crippen molar-refractivity contribution in [2.75, 3.05) is 31.1 Å². The second-order valence-electron chi connectivity index (χ2n) is 6.40. The third-order valence-corrected chi connectivity index (χ3v) is 4.33. The number of unbranched alkanes of at least 4 members (excludes halogenated alkanes) is 2. The van der Waals surface area contributed by atoms with Crippen molar-refractivity contribution < 1.29 is 0 Å². The van der Waals surface area contributed by atoms with Gasteiger partial charge < -0.3 is 15.5 Å². The molecule has 2 N–H and O–H groups in total. The summed E-state index contributed by atoms with van der Waals surface area (Å²) >= 11 is 0. The zero-order valence-corrected chi connectivity index (χ0v) is 15.4. The summed E-state index contributed by atoms with van der Waals surface area (Å²) in [7, 11) is 0. The average molecular weight is 332 g/mol. The standard InChI is InChI=1S/C19H33N5/c1-3-5-7-11-22-19(20-4-2)23-16-17-10-12-21-18(15-17)24-13-8-6-9-14-24/h10,12,15H,3-9,11,13-14,16H2,1-2H3,(H2,20,22,23). The molecule has 134 valence electrons. The number of aromatic nitrogens is 1. The maximum absolute atomic E-state index is 4.72. The quantitative estimate of drug-likeness (QED) is 0.436. The molecule has 2 heterocycles. The molecule has 1 aromatic heterocycles. The first kappa shape index (κ1) is 18.6. The minimum atomic E-state index is 0.687. The van der Waals surface area contributed by atoms with Crippen LogP contribution in [0.3, 0.4) is 0 Å². The Labute approximate surface area is 147 Å². The molecule has 0 radical (unpaired) electrons. The molecule has 24 heavy (non-hydrogen) atoms. The zero-order valence-electron chi connectivity index (χ0n) is 15.4. The second-order valence-corrected chi connectivity index (χ2v) is 6.40. The van der Waals surface area contributed by atoms with Crippen LogP contribution in [0.4, 0.5) is 5.82 Å². The molecule has 0 amide bonds. The number of guanidine groups is 1. The van der Waals surface area contributed by atoms with Crippen molar-refractivity contribution in [3.63, 3.8) is 0 Å². The summed E-state index contributed by atoms with van der Waals surface area (Å²) in [4.78, 5) is 11.7. The molecule has 1 aromatic rings. The number of hydrogen-bond donors (Lipinski definition) is 2. The van der Waals surface area contributed by atoms with Gasteiger partial charge in [0.25, 0.3) is 0 Å². The highest BCUT2D eigenvalue weighted by molar-refractivity contribution is 5.79. The number of pyridine rings is 1. The van der Waals surface area contributed by atoms with Gasteiger partial charge in [-0.3, -0.25) is 0 Å². The van der Waals surface area contributed by atoms with E-state index in [0.29, 0.717) is 6.54 Å². The molecule has 0 unspecified atom stereocenters. The van der Waals surface area contributed by atoms with Crippen LogP contribution >= 0.6 is 0 Å². The van der Waals surface area contributed by atoms with E-state index in [0.717, 1.165) is 38.0 Å². The maximum atomic E-state index is 4.72. The summed E-state index contributed by atoms with van der Waals surface area (Å²) in [5, 5.41) is 6.74. The summed E-state index contributed by atoms with van der Waals surface area (Å²) in [5.41, 5.74) is 1.22. The Kier molecular flexibility index (Phi) is 8.42. The van der Waals surface area contributed by atoms with Gasteiger partial charge in [0, 0.05) is 32.4 Å². The van der Waals surface area contributed by atoms with Crippen molar-refractivity contribution in [3.8, 4) is 0 Å². The predicted octanol–water partition coefficient (Wildman–Crippen LogP) is 3.32. The SMILES string of the molecule is CCCCCNC(=NCc1ccnc(N2CCCCC2)c1)NCC. The van der Waals surface area contributed by atoms with E-state index in [2.05, 4.69) is 46.5 Å². The third-order valence-electron chi connectivity index (χ3n) is 4.33. The molecule has 5 heteroatoms. The van der Waals surface area contributed by atoms with Crippen molar-refractivity contribution >= 4 is 11.8 Å². The van der Waals surface area contributed by atoms with Crippen LogP contribution in [0.15, 0.2) is 23.3 Å². The van der Waals surface area contributed by atoms with E-state index >= 15 is 0 Å². The molecule has 0 spiro atoms. The minimum Gasteiger partial charge on any atom is -0.357 e. The summed E-state index contributed by atoms with van der Waals surface area (Å²) in [6.07, 6.45) is 9.50. The lowest BCUT2D eigenvalue weighted by molar-refractivity contribution is 0.573. The monoisotopic (exact) mass is 331 g/mol. The molecule has 5 nitrogen and oxygen atoms in total. The maximum Gasteiger partial charge on any atom is 0.191 e. The molecule has 0 aromatic carbocycles. The fraction of sp³-hybridized carbons (Fsp3) is 0.684. The molecule has 0 aliphatic carbocycles. The highest BCUT2D eigenvalue weighted by atomic mass is 15.2. The number of hydrogen-bond acceptors (Lipinski definition) is 3. The van der Waals surface area contributed by atoms with Crippen molar-refractivity contribution in [1.29, 1.82) is 0 Å². The molecule has 1 aliphatic heterocycles. The van der Waals surface area contributed by atoms with Crippen LogP contribution in [0.1, 0.15) is 57.9 Å². The van der Waals surface area contributed by atoms with Crippen LogP contribution in [0.5, 0.6) is 0 Å². The van der Waals surface area contributed by atoms with Crippen LogP contribution in [0.2, 0.25) is 0 Å². The topological polar surface area (TPSA) is 52.6 Å². The van der Waals surface area contributed by atoms with Crippen molar-refractivity contribution in [2.24, 2.45) is 4.99 Å². The summed E-state index contributed by atoms with van der Waals surface area (Å²) < 4.78 is 0. The Morgan fingerprint density at radius 2 is 2.00 bits per heavy atom. The van der Waals surface area contributed by atoms with E-state index in [1.54, 1.807) is 0 Å². The van der Waals surface area contributed by atoms with E-state index < -0.39 is 0 Å². The fourth-order valence-electron chi connectivity index (χ4n) is 2.95. The van der Waals surface area contributed by atoms with E-state index in [1.165, 1.54) is 44.1 Å². The van der Waals surface area contributed by atoms with E-state index in [1.807, 2.05) is 6.20 Å². The zero-order chi connectivity index (χ0) is 17.0. The summed E-state index contributed by atoms with van der Waals surface area (Å²) in [5.74, 6) is 2.01. The Hall–Kier alpha value is -1.78. The van der Waals surface area contributed by atoms with Crippen LogP contribution in [0, 0.1) is 0 Å². The highest BCUT2D eigenvalue weighted by Gasteiger charge is 2.12. The predicted molar refractivity (Wildman–Crippen MR) is 103 cm³/mol. The van der Waals surface area contributed by atoms with Crippen LogP contribution in [-0.2, 0) is 6.54 Å². The second kappa shape index (κ2) is 10.9. The molecule has 0 atom stereocenters. The smallest absolute Gasteiger partial charge is 0.191 e. The first-order valence-electron chi connectivity index (χ1n) is 9.55. The Morgan fingerprint density at radius 1 is 1.17 bits per heavy atom. The van der Waals surface area contributed by atoms with Crippen molar-refractivity contribution in [2.45, 2.75) is 58.9 Å². The van der Waals surface area contributed by atoms with Gasteiger partial charge in [-0.2, -0.15) is 0 Å². The van der Waals surface area contributed by atoms with Gasteiger partial charge in [0.1, 0.15) is 5.82 Å². The van der Waals surface area contributed by atoms with Crippen molar-refractivity contribution in [1.82, 2.24) is 15.6 Å². The van der Waals surface area contributed by atoms with Crippen molar-refractivity contribution in [3.05, 3.63) is 23.9 Å². The van der Waals surface area contributed by atoms with Gasteiger partial charge in [0.15, 0.2) is 5.96 Å². The van der Waals surface area contributed by atoms with Crippen LogP contribution < -0.4 is 15.5 Å². The molecular weight excluding hydrogens is 298 g/mol. The molecule has 1 fully saturated rings. The number of nitrogens with one attached hydrogen (secondary N) is 2. The van der Waals surface area contributed by atoms with Gasteiger partial charge in [0.05, 0.1) is 6.54 Å². The average Bonchev–Trinajstić information content (AvgIpc) is 2.64. The summed E-state index contributed by atoms with van der Waals surface area (Å²) in [6.45, 7) is 9.13. The first-order chi connectivity index (χ1) is 11.8. The van der Waals surface area contributed by atoms with Gasteiger partial charge in [-0.1, -0.05) is 19.8 Å². The number of rotatable bonds is 8. The van der Waals surface area contributed by atoms with Gasteiger partial charge in [-0.25, -0.2) is 9.98 Å². The highest BCUT2D eigenvalue weighted by Crippen LogP contribution is 2.18. The molecule has 2 rings (SSSR count). The van der Waals surface area contributed by atoms with Gasteiger partial charge in [0.2, 0.25) is 0 Å². The number of anilines is 1. The molecule has 1 aliphatic rings. The lowest BCUT2D eigenvalue weighted by Crippen LogP contribution is -2.37. The Morgan fingerprint density at radius 3 is 2.75 bits per heavy atom. The summed E-state index contributed by atoms with van der Waals surface area (Å²) in [6, 6.07) is 4.26.